The molecule has 0 aromatic heterocycles. The third-order valence-electron chi connectivity index (χ3n) is 2.25. The minimum atomic E-state index is -0.283. The number of hydrogen-bond donors (Lipinski definition) is 2. The quantitative estimate of drug-likeness (QED) is 0.858. The van der Waals surface area contributed by atoms with E-state index in [9.17, 15) is 4.79 Å². The van der Waals surface area contributed by atoms with Gasteiger partial charge in [-0.25, -0.2) is 0 Å². The van der Waals surface area contributed by atoms with E-state index in [0.717, 1.165) is 14.5 Å². The first-order chi connectivity index (χ1) is 7.50. The third-order valence-corrected chi connectivity index (χ3v) is 3.43. The monoisotopic (exact) mass is 348 g/mol. The van der Waals surface area contributed by atoms with Crippen LogP contribution in [0, 0.1) is 0 Å². The summed E-state index contributed by atoms with van der Waals surface area (Å²) in [6.07, 6.45) is 0.360. The van der Waals surface area contributed by atoms with Gasteiger partial charge in [-0.05, 0) is 24.6 Å². The van der Waals surface area contributed by atoms with Gasteiger partial charge in [-0.1, -0.05) is 37.9 Å². The van der Waals surface area contributed by atoms with Gasteiger partial charge in [0.15, 0.2) is 0 Å². The number of primary amides is 1. The fourth-order valence-electron chi connectivity index (χ4n) is 1.37. The second-order valence-corrected chi connectivity index (χ2v) is 5.33. The molecule has 0 saturated heterocycles. The molecule has 0 fully saturated rings. The second-order valence-electron chi connectivity index (χ2n) is 3.56. The summed E-state index contributed by atoms with van der Waals surface area (Å²) in [4.78, 5) is 10.6. The molecule has 0 saturated carbocycles. The Morgan fingerprint density at radius 1 is 1.50 bits per heavy atom. The van der Waals surface area contributed by atoms with Gasteiger partial charge in [-0.3, -0.25) is 4.79 Å². The van der Waals surface area contributed by atoms with Gasteiger partial charge in [0.2, 0.25) is 5.91 Å². The lowest BCUT2D eigenvalue weighted by Gasteiger charge is -2.15. The number of halogens is 2. The molecule has 0 heterocycles. The maximum Gasteiger partial charge on any atom is 0.218 e. The molecule has 0 bridgehead atoms. The number of amides is 1. The zero-order chi connectivity index (χ0) is 12.1. The van der Waals surface area contributed by atoms with Crippen LogP contribution in [0.15, 0.2) is 27.1 Å². The zero-order valence-corrected chi connectivity index (χ0v) is 12.1. The van der Waals surface area contributed by atoms with Crippen LogP contribution in [-0.2, 0) is 4.79 Å². The van der Waals surface area contributed by atoms with Gasteiger partial charge in [0, 0.05) is 28.0 Å². The minimum absolute atomic E-state index is 0.182. The van der Waals surface area contributed by atoms with Gasteiger partial charge >= 0.3 is 0 Å². The molecule has 0 aliphatic carbocycles. The van der Waals surface area contributed by atoms with E-state index in [4.69, 9.17) is 5.73 Å². The van der Waals surface area contributed by atoms with E-state index in [1.165, 1.54) is 0 Å². The molecular weight excluding hydrogens is 336 g/mol. The fourth-order valence-corrected chi connectivity index (χ4v) is 2.76. The van der Waals surface area contributed by atoms with Gasteiger partial charge in [0.05, 0.1) is 0 Å². The van der Waals surface area contributed by atoms with Gasteiger partial charge in [-0.2, -0.15) is 0 Å². The predicted molar refractivity (Wildman–Crippen MR) is 72.1 cm³/mol. The summed E-state index contributed by atoms with van der Waals surface area (Å²) in [5, 5.41) is 3.24. The molecule has 1 aromatic rings. The van der Waals surface area contributed by atoms with Crippen molar-refractivity contribution in [3.63, 3.8) is 0 Å². The van der Waals surface area contributed by atoms with Crippen LogP contribution in [0.1, 0.15) is 24.9 Å². The molecule has 0 radical (unpaired) electrons. The fraction of sp³-hybridized carbons (Fsp3) is 0.364. The van der Waals surface area contributed by atoms with Crippen molar-refractivity contribution >= 4 is 37.8 Å². The molecule has 3 nitrogen and oxygen atoms in total. The maximum atomic E-state index is 10.6. The van der Waals surface area contributed by atoms with Crippen molar-refractivity contribution in [3.8, 4) is 0 Å². The van der Waals surface area contributed by atoms with Crippen LogP contribution >= 0.6 is 31.9 Å². The van der Waals surface area contributed by atoms with Crippen LogP contribution in [-0.4, -0.2) is 12.5 Å². The van der Waals surface area contributed by atoms with Crippen molar-refractivity contribution in [3.05, 3.63) is 32.7 Å². The van der Waals surface area contributed by atoms with E-state index >= 15 is 0 Å². The first-order valence-corrected chi connectivity index (χ1v) is 6.56. The van der Waals surface area contributed by atoms with Gasteiger partial charge in [0.1, 0.15) is 0 Å². The summed E-state index contributed by atoms with van der Waals surface area (Å²) >= 11 is 6.91. The lowest BCUT2D eigenvalue weighted by atomic mass is 10.1. The van der Waals surface area contributed by atoms with Crippen molar-refractivity contribution in [2.75, 3.05) is 6.54 Å². The topological polar surface area (TPSA) is 55.1 Å². The van der Waals surface area contributed by atoms with Gasteiger partial charge in [0.25, 0.3) is 0 Å². The molecular formula is C11H14Br2N2O. The minimum Gasteiger partial charge on any atom is -0.370 e. The van der Waals surface area contributed by atoms with Crippen LogP contribution in [0.5, 0.6) is 0 Å². The summed E-state index contributed by atoms with van der Waals surface area (Å²) in [6, 6.07) is 6.21. The summed E-state index contributed by atoms with van der Waals surface area (Å²) in [5.74, 6) is -0.283. The Hall–Kier alpha value is -0.390. The maximum absolute atomic E-state index is 10.6. The highest BCUT2D eigenvalue weighted by atomic mass is 79.9. The third kappa shape index (κ3) is 4.23. The highest BCUT2D eigenvalue weighted by Gasteiger charge is 2.09. The Bertz CT molecular complexity index is 382. The number of nitrogens with one attached hydrogen (secondary N) is 1. The van der Waals surface area contributed by atoms with Crippen LogP contribution in [0.25, 0.3) is 0 Å². The number of nitrogens with two attached hydrogens (primary N) is 1. The lowest BCUT2D eigenvalue weighted by Crippen LogP contribution is -2.24. The van der Waals surface area contributed by atoms with E-state index in [-0.39, 0.29) is 11.9 Å². The van der Waals surface area contributed by atoms with Crippen LogP contribution in [0.3, 0.4) is 0 Å². The van der Waals surface area contributed by atoms with Crippen LogP contribution in [0.4, 0.5) is 0 Å². The van der Waals surface area contributed by atoms with Crippen molar-refractivity contribution in [2.45, 2.75) is 19.4 Å². The molecule has 0 spiro atoms. The molecule has 1 amide bonds. The smallest absolute Gasteiger partial charge is 0.218 e. The largest absolute Gasteiger partial charge is 0.370 e. The Morgan fingerprint density at radius 3 is 2.75 bits per heavy atom. The van der Waals surface area contributed by atoms with E-state index < -0.39 is 0 Å². The second kappa shape index (κ2) is 6.37. The number of rotatable bonds is 5. The molecule has 88 valence electrons. The van der Waals surface area contributed by atoms with Gasteiger partial charge in [-0.15, -0.1) is 0 Å². The zero-order valence-electron chi connectivity index (χ0n) is 8.97. The molecule has 1 unspecified atom stereocenters. The van der Waals surface area contributed by atoms with Gasteiger partial charge < -0.3 is 11.1 Å². The summed E-state index contributed by atoms with van der Waals surface area (Å²) < 4.78 is 2.08. The Balaban J connectivity index is 2.58. The highest BCUT2D eigenvalue weighted by Crippen LogP contribution is 2.26. The van der Waals surface area contributed by atoms with Crippen molar-refractivity contribution in [1.29, 1.82) is 0 Å². The molecule has 0 aliphatic rings. The lowest BCUT2D eigenvalue weighted by molar-refractivity contribution is -0.117. The summed E-state index contributed by atoms with van der Waals surface area (Å²) in [6.45, 7) is 2.65. The average molecular weight is 350 g/mol. The number of carbonyl (C=O) groups excluding carboxylic acids is 1. The number of carbonyl (C=O) groups is 1. The number of benzene rings is 1. The first kappa shape index (κ1) is 13.7. The molecule has 0 aliphatic heterocycles. The molecule has 1 rings (SSSR count). The molecule has 5 heteroatoms. The number of hydrogen-bond acceptors (Lipinski definition) is 2. The van der Waals surface area contributed by atoms with E-state index in [0.29, 0.717) is 13.0 Å². The molecule has 3 N–H and O–H groups in total. The van der Waals surface area contributed by atoms with E-state index in [1.54, 1.807) is 0 Å². The summed E-state index contributed by atoms with van der Waals surface area (Å²) in [7, 11) is 0. The Morgan fingerprint density at radius 2 is 2.19 bits per heavy atom. The molecule has 16 heavy (non-hydrogen) atoms. The normalized spacial score (nSPS) is 12.4. The highest BCUT2D eigenvalue weighted by molar-refractivity contribution is 9.11. The SMILES string of the molecule is CC(NCCC(N)=O)c1ccc(Br)cc1Br. The average Bonchev–Trinajstić information content (AvgIpc) is 2.16. The Kier molecular flexibility index (Phi) is 5.44. The first-order valence-electron chi connectivity index (χ1n) is 4.97. The van der Waals surface area contributed by atoms with Crippen molar-refractivity contribution in [1.82, 2.24) is 5.32 Å². The van der Waals surface area contributed by atoms with Crippen LogP contribution < -0.4 is 11.1 Å². The Labute approximate surface area is 112 Å². The predicted octanol–water partition coefficient (Wildman–Crippen LogP) is 2.74. The van der Waals surface area contributed by atoms with Crippen molar-refractivity contribution < 1.29 is 4.79 Å². The van der Waals surface area contributed by atoms with Crippen molar-refractivity contribution in [2.24, 2.45) is 5.73 Å². The summed E-state index contributed by atoms with van der Waals surface area (Å²) in [5.41, 5.74) is 6.23. The van der Waals surface area contributed by atoms with E-state index in [1.807, 2.05) is 18.2 Å². The van der Waals surface area contributed by atoms with E-state index in [2.05, 4.69) is 44.1 Å². The van der Waals surface area contributed by atoms with Crippen LogP contribution in [0.2, 0.25) is 0 Å². The molecule has 1 aromatic carbocycles. The standard InChI is InChI=1S/C11H14Br2N2O/c1-7(15-5-4-11(14)16)9-3-2-8(12)6-10(9)13/h2-3,6-7,15H,4-5H2,1H3,(H2,14,16). The molecule has 1 atom stereocenters.